The highest BCUT2D eigenvalue weighted by atomic mass is 16.5. The maximum Gasteiger partial charge on any atom is 0.313 e. The number of rotatable bonds is 10. The summed E-state index contributed by atoms with van der Waals surface area (Å²) in [5.74, 6) is -1.61. The number of ether oxygens (including phenoxy) is 1. The fourth-order valence-corrected chi connectivity index (χ4v) is 3.18. The molecule has 2 rings (SSSR count). The van der Waals surface area contributed by atoms with Crippen molar-refractivity contribution >= 4 is 5.97 Å². The quantitative estimate of drug-likeness (QED) is 0.412. The van der Waals surface area contributed by atoms with Crippen molar-refractivity contribution < 1.29 is 29.7 Å². The summed E-state index contributed by atoms with van der Waals surface area (Å²) in [6.07, 6.45) is -0.164. The van der Waals surface area contributed by atoms with Crippen LogP contribution < -0.4 is 4.74 Å². The van der Waals surface area contributed by atoms with E-state index in [4.69, 9.17) is 19.8 Å². The van der Waals surface area contributed by atoms with Crippen LogP contribution in [0.1, 0.15) is 85.4 Å². The van der Waals surface area contributed by atoms with Crippen LogP contribution in [-0.4, -0.2) is 34.6 Å². The fourth-order valence-electron chi connectivity index (χ4n) is 3.18. The molecule has 30 heavy (non-hydrogen) atoms. The van der Waals surface area contributed by atoms with Crippen LogP contribution in [0.15, 0.2) is 48.5 Å². The van der Waals surface area contributed by atoms with Crippen molar-refractivity contribution in [2.45, 2.75) is 72.3 Å². The van der Waals surface area contributed by atoms with Crippen molar-refractivity contribution in [2.75, 3.05) is 6.54 Å². The van der Waals surface area contributed by atoms with Gasteiger partial charge in [0.25, 0.3) is 0 Å². The van der Waals surface area contributed by atoms with E-state index >= 15 is 0 Å². The third-order valence-electron chi connectivity index (χ3n) is 4.83. The highest BCUT2D eigenvalue weighted by molar-refractivity contribution is 5.75. The van der Waals surface area contributed by atoms with Crippen LogP contribution >= 0.6 is 0 Å². The van der Waals surface area contributed by atoms with E-state index in [9.17, 15) is 9.90 Å². The Kier molecular flexibility index (Phi) is 4.75. The van der Waals surface area contributed by atoms with E-state index < -0.39 is 56.9 Å². The second-order valence-electron chi connectivity index (χ2n) is 7.44. The van der Waals surface area contributed by atoms with Gasteiger partial charge < -0.3 is 9.84 Å². The van der Waals surface area contributed by atoms with Crippen LogP contribution in [0, 0.1) is 5.92 Å². The third-order valence-corrected chi connectivity index (χ3v) is 4.83. The zero-order chi connectivity index (χ0) is 31.6. The van der Waals surface area contributed by atoms with Crippen molar-refractivity contribution in [3.8, 4) is 5.75 Å². The molecule has 0 heterocycles. The normalized spacial score (nSPS) is 21.7. The molecule has 0 radical (unpaired) electrons. The van der Waals surface area contributed by atoms with Gasteiger partial charge in [0.05, 0.1) is 12.5 Å². The van der Waals surface area contributed by atoms with Crippen LogP contribution in [0.4, 0.5) is 0 Å². The van der Waals surface area contributed by atoms with Crippen LogP contribution in [0.25, 0.3) is 0 Å². The molecule has 4 nitrogen and oxygen atoms in total. The number of carbonyl (C=O) groups is 1. The molecule has 4 heteroatoms. The molecule has 0 fully saturated rings. The first kappa shape index (κ1) is 12.6. The summed E-state index contributed by atoms with van der Waals surface area (Å²) in [5, 5.41) is 9.82. The summed E-state index contributed by atoms with van der Waals surface area (Å²) in [4.78, 5) is 12.9. The Hall–Kier alpha value is -2.17. The molecule has 0 spiro atoms. The smallest absolute Gasteiger partial charge is 0.313 e. The molecular formula is C26H37NO3. The minimum atomic E-state index is -3.52. The molecule has 164 valence electrons. The Balaban J connectivity index is 2.78. The molecule has 0 amide bonds. The van der Waals surface area contributed by atoms with Gasteiger partial charge in [0.2, 0.25) is 0 Å². The van der Waals surface area contributed by atoms with Crippen LogP contribution in [0.3, 0.4) is 0 Å². The standard InChI is InChI=1S/C26H37NO3/c1-18(2)26(29)30-25-13-12-21(17-28)16-24(25)23(22-10-8-7-9-11-22)14-15-27(19(3)4)20(5)6/h7-13,16,18-20,23,28H,14-15,17H2,1-6H3/t23-/m1/s1/i3D3,4D3,5D3,19D,20D/t20?,23-. The summed E-state index contributed by atoms with van der Waals surface area (Å²) in [5.41, 5.74) is 1.49. The second-order valence-corrected chi connectivity index (χ2v) is 7.44. The monoisotopic (exact) mass is 422 g/mol. The molecule has 0 saturated heterocycles. The van der Waals surface area contributed by atoms with Crippen LogP contribution in [0.5, 0.6) is 5.75 Å². The predicted octanol–water partition coefficient (Wildman–Crippen LogP) is 5.38. The molecular weight excluding hydrogens is 374 g/mol. The Labute approximate surface area is 197 Å². The first-order chi connectivity index (χ1) is 18.6. The summed E-state index contributed by atoms with van der Waals surface area (Å²) in [6, 6.07) is 7.10. The van der Waals surface area contributed by atoms with Gasteiger partial charge in [0.1, 0.15) is 5.75 Å². The van der Waals surface area contributed by atoms with Gasteiger partial charge >= 0.3 is 5.97 Å². The number of nitrogens with zero attached hydrogens (tertiary/aromatic N) is 1. The number of benzene rings is 2. The summed E-state index contributed by atoms with van der Waals surface area (Å²) in [7, 11) is 0. The average Bonchev–Trinajstić information content (AvgIpc) is 2.85. The topological polar surface area (TPSA) is 49.8 Å². The second kappa shape index (κ2) is 11.3. The van der Waals surface area contributed by atoms with Crippen molar-refractivity contribution in [3.05, 3.63) is 65.2 Å². The number of esters is 1. The molecule has 0 aliphatic rings. The van der Waals surface area contributed by atoms with Gasteiger partial charge in [-0.05, 0) is 63.7 Å². The number of hydrogen-bond donors (Lipinski definition) is 1. The van der Waals surface area contributed by atoms with E-state index in [1.165, 1.54) is 6.07 Å². The van der Waals surface area contributed by atoms with E-state index in [1.54, 1.807) is 56.3 Å². The van der Waals surface area contributed by atoms with E-state index in [0.29, 0.717) is 21.6 Å². The zero-order valence-corrected chi connectivity index (χ0v) is 17.6. The van der Waals surface area contributed by atoms with Crippen LogP contribution in [0.2, 0.25) is 0 Å². The maximum atomic E-state index is 12.5. The molecule has 0 saturated carbocycles. The molecule has 2 atom stereocenters. The summed E-state index contributed by atoms with van der Waals surface area (Å²) >= 11 is 0. The van der Waals surface area contributed by atoms with Crippen molar-refractivity contribution in [1.82, 2.24) is 4.90 Å². The first-order valence-electron chi connectivity index (χ1n) is 15.4. The molecule has 1 N–H and O–H groups in total. The van der Waals surface area contributed by atoms with Gasteiger partial charge in [0, 0.05) is 38.6 Å². The molecule has 2 aromatic rings. The Morgan fingerprint density at radius 1 is 1.10 bits per heavy atom. The summed E-state index contributed by atoms with van der Waals surface area (Å²) in [6.45, 7) is -7.02. The molecule has 0 aliphatic heterocycles. The number of carbonyl (C=O) groups excluding carboxylic acids is 1. The Morgan fingerprint density at radius 3 is 2.40 bits per heavy atom. The zero-order valence-electron chi connectivity index (χ0n) is 28.6. The summed E-state index contributed by atoms with van der Waals surface area (Å²) < 4.78 is 94.7. The fraction of sp³-hybridized carbons (Fsp3) is 0.500. The molecule has 0 bridgehead atoms. The maximum absolute atomic E-state index is 12.5. The minimum Gasteiger partial charge on any atom is -0.426 e. The van der Waals surface area contributed by atoms with Crippen molar-refractivity contribution in [3.63, 3.8) is 0 Å². The highest BCUT2D eigenvalue weighted by Crippen LogP contribution is 2.36. The van der Waals surface area contributed by atoms with Crippen molar-refractivity contribution in [2.24, 2.45) is 5.92 Å². The van der Waals surface area contributed by atoms with Crippen LogP contribution in [-0.2, 0) is 11.4 Å². The molecule has 1 unspecified atom stereocenters. The molecule has 0 aliphatic carbocycles. The van der Waals surface area contributed by atoms with E-state index in [1.807, 2.05) is 0 Å². The first-order valence-corrected chi connectivity index (χ1v) is 9.87. The molecule has 2 aromatic carbocycles. The van der Waals surface area contributed by atoms with Gasteiger partial charge in [-0.1, -0.05) is 50.2 Å². The van der Waals surface area contributed by atoms with Gasteiger partial charge in [-0.2, -0.15) is 0 Å². The Bertz CT molecular complexity index is 1160. The predicted molar refractivity (Wildman–Crippen MR) is 123 cm³/mol. The SMILES string of the molecule is [2H]C([2H])([2H])C([2H])(C)N(CC[C@H](c1ccccc1)c1cc(CO)ccc1OC(=O)C(C)C)C([2H])(C([2H])([2H])[2H])C([2H])([2H])[2H]. The van der Waals surface area contributed by atoms with Gasteiger partial charge in [-0.15, -0.1) is 0 Å². The molecule has 0 aromatic heterocycles. The van der Waals surface area contributed by atoms with Gasteiger partial charge in [0.15, 0.2) is 0 Å². The lowest BCUT2D eigenvalue weighted by molar-refractivity contribution is -0.137. The third kappa shape index (κ3) is 6.41. The highest BCUT2D eigenvalue weighted by Gasteiger charge is 2.23. The Morgan fingerprint density at radius 2 is 1.80 bits per heavy atom. The average molecular weight is 423 g/mol. The van der Waals surface area contributed by atoms with Gasteiger partial charge in [-0.3, -0.25) is 9.69 Å². The van der Waals surface area contributed by atoms with E-state index in [0.717, 1.165) is 6.92 Å². The van der Waals surface area contributed by atoms with Gasteiger partial charge in [-0.25, -0.2) is 0 Å². The van der Waals surface area contributed by atoms with E-state index in [2.05, 4.69) is 0 Å². The number of aliphatic hydroxyl groups is 1. The largest absolute Gasteiger partial charge is 0.426 e. The number of hydrogen-bond acceptors (Lipinski definition) is 4. The lowest BCUT2D eigenvalue weighted by Gasteiger charge is -2.32. The lowest BCUT2D eigenvalue weighted by atomic mass is 9.86. The minimum absolute atomic E-state index is 0.148. The number of aliphatic hydroxyl groups excluding tert-OH is 1. The van der Waals surface area contributed by atoms with E-state index in [-0.39, 0.29) is 18.8 Å². The lowest BCUT2D eigenvalue weighted by Crippen LogP contribution is -2.38. The van der Waals surface area contributed by atoms with Crippen molar-refractivity contribution in [1.29, 1.82) is 0 Å².